The summed E-state index contributed by atoms with van der Waals surface area (Å²) in [6.45, 7) is 3.40. The van der Waals surface area contributed by atoms with Gasteiger partial charge in [-0.2, -0.15) is 26.3 Å². The van der Waals surface area contributed by atoms with Gasteiger partial charge in [-0.1, -0.05) is 0 Å². The first-order valence-corrected chi connectivity index (χ1v) is 7.88. The van der Waals surface area contributed by atoms with Crippen molar-refractivity contribution in [1.82, 2.24) is 0 Å². The number of aliphatic imine (C=N–C) groups is 2. The van der Waals surface area contributed by atoms with E-state index in [1.165, 1.54) is 24.3 Å². The molecule has 0 aromatic heterocycles. The number of benzene rings is 2. The molecule has 0 amide bonds. The summed E-state index contributed by atoms with van der Waals surface area (Å²) in [4.78, 5) is 8.46. The van der Waals surface area contributed by atoms with Gasteiger partial charge >= 0.3 is 12.4 Å². The van der Waals surface area contributed by atoms with Crippen LogP contribution in [-0.4, -0.2) is 11.4 Å². The van der Waals surface area contributed by atoms with Gasteiger partial charge in [0.1, 0.15) is 0 Å². The van der Waals surface area contributed by atoms with Crippen molar-refractivity contribution in [2.45, 2.75) is 32.6 Å². The van der Waals surface area contributed by atoms with Gasteiger partial charge in [0, 0.05) is 17.8 Å². The molecule has 0 saturated heterocycles. The lowest BCUT2D eigenvalue weighted by molar-refractivity contribution is -0.138. The van der Waals surface area contributed by atoms with Crippen molar-refractivity contribution in [2.75, 3.05) is 0 Å². The molecule has 0 heterocycles. The lowest BCUT2D eigenvalue weighted by Gasteiger charge is -2.07. The standard InChI is InChI=1S/C19H16F6N2/c1-12(26-16-7-3-14(4-8-16)18(20,21)22)11-13(2)27-17-9-5-15(6-10-17)19(23,24)25/h3-10H,11H2,1-2H3. The summed E-state index contributed by atoms with van der Waals surface area (Å²) in [5.74, 6) is 0. The van der Waals surface area contributed by atoms with Crippen LogP contribution in [0.25, 0.3) is 0 Å². The Hall–Kier alpha value is -2.64. The Balaban J connectivity index is 2.06. The highest BCUT2D eigenvalue weighted by molar-refractivity contribution is 6.04. The summed E-state index contributed by atoms with van der Waals surface area (Å²) in [5, 5.41) is 0. The predicted octanol–water partition coefficient (Wildman–Crippen LogP) is 7.00. The van der Waals surface area contributed by atoms with Crippen LogP contribution in [-0.2, 0) is 12.4 Å². The molecule has 0 atom stereocenters. The van der Waals surface area contributed by atoms with Gasteiger partial charge in [-0.05, 0) is 62.4 Å². The van der Waals surface area contributed by atoms with Crippen LogP contribution in [0.15, 0.2) is 58.5 Å². The van der Waals surface area contributed by atoms with Gasteiger partial charge in [0.25, 0.3) is 0 Å². The van der Waals surface area contributed by atoms with Gasteiger partial charge < -0.3 is 0 Å². The molecule has 0 N–H and O–H groups in total. The Kier molecular flexibility index (Phi) is 6.08. The second kappa shape index (κ2) is 7.94. The zero-order valence-corrected chi connectivity index (χ0v) is 14.5. The summed E-state index contributed by atoms with van der Waals surface area (Å²) in [5.41, 5.74) is 0.481. The third-order valence-electron chi connectivity index (χ3n) is 3.54. The summed E-state index contributed by atoms with van der Waals surface area (Å²) < 4.78 is 75.2. The SMILES string of the molecule is CC(CC(C)=Nc1ccc(C(F)(F)F)cc1)=Nc1ccc(C(F)(F)F)cc1. The summed E-state index contributed by atoms with van der Waals surface area (Å²) in [7, 11) is 0. The van der Waals surface area contributed by atoms with E-state index in [0.29, 0.717) is 29.2 Å². The molecule has 144 valence electrons. The van der Waals surface area contributed by atoms with Crippen LogP contribution in [0.1, 0.15) is 31.4 Å². The quantitative estimate of drug-likeness (QED) is 0.399. The van der Waals surface area contributed by atoms with E-state index in [2.05, 4.69) is 9.98 Å². The zero-order chi connectivity index (χ0) is 20.2. The molecule has 2 nitrogen and oxygen atoms in total. The van der Waals surface area contributed by atoms with Crippen LogP contribution in [0.5, 0.6) is 0 Å². The van der Waals surface area contributed by atoms with Crippen LogP contribution in [0, 0.1) is 0 Å². The Bertz CT molecular complexity index is 757. The van der Waals surface area contributed by atoms with E-state index in [4.69, 9.17) is 0 Å². The normalized spacial score (nSPS) is 13.8. The lowest BCUT2D eigenvalue weighted by Crippen LogP contribution is -2.04. The number of nitrogens with zero attached hydrogens (tertiary/aromatic N) is 2. The lowest BCUT2D eigenvalue weighted by atomic mass is 10.1. The molecular formula is C19H16F6N2. The van der Waals surface area contributed by atoms with Crippen molar-refractivity contribution in [1.29, 1.82) is 0 Å². The van der Waals surface area contributed by atoms with Crippen LogP contribution < -0.4 is 0 Å². The van der Waals surface area contributed by atoms with Crippen molar-refractivity contribution >= 4 is 22.8 Å². The Morgan fingerprint density at radius 2 is 0.926 bits per heavy atom. The summed E-state index contributed by atoms with van der Waals surface area (Å²) in [6, 6.07) is 8.90. The minimum atomic E-state index is -4.40. The van der Waals surface area contributed by atoms with E-state index >= 15 is 0 Å². The summed E-state index contributed by atoms with van der Waals surface area (Å²) >= 11 is 0. The number of halogens is 6. The fourth-order valence-electron chi connectivity index (χ4n) is 2.34. The highest BCUT2D eigenvalue weighted by Gasteiger charge is 2.30. The van der Waals surface area contributed by atoms with Crippen LogP contribution >= 0.6 is 0 Å². The summed E-state index contributed by atoms with van der Waals surface area (Å²) in [6.07, 6.45) is -8.47. The maximum atomic E-state index is 12.5. The topological polar surface area (TPSA) is 24.7 Å². The molecule has 0 fully saturated rings. The van der Waals surface area contributed by atoms with Crippen molar-refractivity contribution < 1.29 is 26.3 Å². The van der Waals surface area contributed by atoms with Gasteiger partial charge in [-0.25, -0.2) is 0 Å². The minimum absolute atomic E-state index is 0.335. The van der Waals surface area contributed by atoms with E-state index in [0.717, 1.165) is 24.3 Å². The minimum Gasteiger partial charge on any atom is -0.258 e. The first kappa shape index (κ1) is 20.7. The molecule has 0 spiro atoms. The second-order valence-corrected chi connectivity index (χ2v) is 5.96. The molecule has 2 aromatic rings. The average molecular weight is 386 g/mol. The van der Waals surface area contributed by atoms with Gasteiger partial charge in [-0.15, -0.1) is 0 Å². The smallest absolute Gasteiger partial charge is 0.258 e. The monoisotopic (exact) mass is 386 g/mol. The first-order valence-electron chi connectivity index (χ1n) is 7.88. The third-order valence-corrected chi connectivity index (χ3v) is 3.54. The average Bonchev–Trinajstić information content (AvgIpc) is 2.53. The highest BCUT2D eigenvalue weighted by Crippen LogP contribution is 2.31. The van der Waals surface area contributed by atoms with E-state index in [1.54, 1.807) is 13.8 Å². The molecule has 2 rings (SSSR count). The molecule has 0 saturated carbocycles. The number of hydrogen-bond donors (Lipinski definition) is 0. The van der Waals surface area contributed by atoms with Gasteiger partial charge in [0.2, 0.25) is 0 Å². The second-order valence-electron chi connectivity index (χ2n) is 5.96. The Morgan fingerprint density at radius 3 is 1.19 bits per heavy atom. The highest BCUT2D eigenvalue weighted by atomic mass is 19.4. The molecule has 8 heteroatoms. The molecule has 0 unspecified atom stereocenters. The van der Waals surface area contributed by atoms with E-state index in [1.807, 2.05) is 0 Å². The van der Waals surface area contributed by atoms with Crippen LogP contribution in [0.4, 0.5) is 37.7 Å². The number of hydrogen-bond acceptors (Lipinski definition) is 2. The van der Waals surface area contributed by atoms with Gasteiger partial charge in [0.05, 0.1) is 22.5 Å². The molecule has 0 radical (unpaired) electrons. The molecule has 0 aliphatic rings. The zero-order valence-electron chi connectivity index (χ0n) is 14.5. The third kappa shape index (κ3) is 6.23. The Morgan fingerprint density at radius 1 is 0.630 bits per heavy atom. The molecular weight excluding hydrogens is 370 g/mol. The number of rotatable bonds is 4. The molecule has 0 aliphatic carbocycles. The van der Waals surface area contributed by atoms with Crippen molar-refractivity contribution in [3.8, 4) is 0 Å². The van der Waals surface area contributed by atoms with Crippen LogP contribution in [0.3, 0.4) is 0 Å². The fourth-order valence-corrected chi connectivity index (χ4v) is 2.34. The molecule has 0 bridgehead atoms. The molecule has 0 aliphatic heterocycles. The Labute approximate surface area is 152 Å². The van der Waals surface area contributed by atoms with Crippen molar-refractivity contribution in [3.63, 3.8) is 0 Å². The van der Waals surface area contributed by atoms with E-state index < -0.39 is 23.5 Å². The van der Waals surface area contributed by atoms with Crippen molar-refractivity contribution in [3.05, 3.63) is 59.7 Å². The predicted molar refractivity (Wildman–Crippen MR) is 93.0 cm³/mol. The van der Waals surface area contributed by atoms with E-state index in [9.17, 15) is 26.3 Å². The molecule has 27 heavy (non-hydrogen) atoms. The van der Waals surface area contributed by atoms with E-state index in [-0.39, 0.29) is 0 Å². The maximum absolute atomic E-state index is 12.5. The largest absolute Gasteiger partial charge is 0.416 e. The maximum Gasteiger partial charge on any atom is 0.416 e. The number of alkyl halides is 6. The first-order chi connectivity index (χ1) is 12.4. The fraction of sp³-hybridized carbons (Fsp3) is 0.263. The van der Waals surface area contributed by atoms with Gasteiger partial charge in [0.15, 0.2) is 0 Å². The van der Waals surface area contributed by atoms with Crippen LogP contribution in [0.2, 0.25) is 0 Å². The van der Waals surface area contributed by atoms with Gasteiger partial charge in [-0.3, -0.25) is 9.98 Å². The molecule has 2 aromatic carbocycles. The van der Waals surface area contributed by atoms with Crippen molar-refractivity contribution in [2.24, 2.45) is 9.98 Å².